The van der Waals surface area contributed by atoms with Gasteiger partial charge in [0, 0.05) is 7.05 Å². The van der Waals surface area contributed by atoms with Gasteiger partial charge in [0.15, 0.2) is 4.80 Å². The van der Waals surface area contributed by atoms with E-state index >= 15 is 0 Å². The van der Waals surface area contributed by atoms with E-state index in [1.54, 1.807) is 19.2 Å². The number of hydrogen-bond acceptors (Lipinski definition) is 4. The minimum atomic E-state index is -0.242. The van der Waals surface area contributed by atoms with Gasteiger partial charge in [0.05, 0.1) is 29.9 Å². The van der Waals surface area contributed by atoms with Gasteiger partial charge in [0.25, 0.3) is 5.91 Å². The summed E-state index contributed by atoms with van der Waals surface area (Å²) in [5.74, 6) is 1.19. The normalized spacial score (nSPS) is 11.7. The fraction of sp³-hybridized carbons (Fsp3) is 0.222. The van der Waals surface area contributed by atoms with Crippen LogP contribution in [0.25, 0.3) is 10.2 Å². The van der Waals surface area contributed by atoms with Crippen LogP contribution in [0.2, 0.25) is 5.02 Å². The monoisotopic (exact) mass is 376 g/mol. The highest BCUT2D eigenvalue weighted by Gasteiger charge is 2.13. The number of hydrogen-bond donors (Lipinski definition) is 0. The lowest BCUT2D eigenvalue weighted by Gasteiger charge is -2.04. The first kappa shape index (κ1) is 17.5. The molecule has 0 aliphatic heterocycles. The lowest BCUT2D eigenvalue weighted by Crippen LogP contribution is -2.14. The molecule has 5 nitrogen and oxygen atoms in total. The maximum atomic E-state index is 12.2. The molecule has 0 N–H and O–H groups in total. The summed E-state index contributed by atoms with van der Waals surface area (Å²) in [5, 5.41) is 0.609. The van der Waals surface area contributed by atoms with Crippen LogP contribution in [0.15, 0.2) is 47.5 Å². The first-order valence-corrected chi connectivity index (χ1v) is 8.87. The molecule has 0 saturated carbocycles. The summed E-state index contributed by atoms with van der Waals surface area (Å²) in [6.07, 6.45) is 0.202. The van der Waals surface area contributed by atoms with Crippen molar-refractivity contribution >= 4 is 39.1 Å². The molecule has 0 atom stereocenters. The Kier molecular flexibility index (Phi) is 5.40. The van der Waals surface area contributed by atoms with Crippen LogP contribution in [0.1, 0.15) is 6.42 Å². The average molecular weight is 377 g/mol. The van der Waals surface area contributed by atoms with Crippen molar-refractivity contribution in [2.75, 3.05) is 13.7 Å². The fourth-order valence-corrected chi connectivity index (χ4v) is 3.72. The third-order valence-electron chi connectivity index (χ3n) is 3.63. The van der Waals surface area contributed by atoms with E-state index in [9.17, 15) is 4.79 Å². The standard InChI is InChI=1S/C18H17ClN2O3S/c1-21-16-14(23-2)9-8-13(19)17(16)25-18(21)20-15(22)10-11-24-12-6-4-3-5-7-12/h3-9H,10-11H2,1-2H3. The zero-order valence-electron chi connectivity index (χ0n) is 13.9. The molecule has 0 radical (unpaired) electrons. The molecule has 0 aliphatic rings. The fourth-order valence-electron chi connectivity index (χ4n) is 2.40. The second kappa shape index (κ2) is 7.72. The molecule has 0 saturated heterocycles. The van der Waals surface area contributed by atoms with Crippen molar-refractivity contribution in [3.63, 3.8) is 0 Å². The van der Waals surface area contributed by atoms with E-state index < -0.39 is 0 Å². The molecule has 0 bridgehead atoms. The number of carbonyl (C=O) groups excluding carboxylic acids is 1. The molecule has 0 unspecified atom stereocenters. The predicted octanol–water partition coefficient (Wildman–Crippen LogP) is 3.80. The van der Waals surface area contributed by atoms with Crippen LogP contribution in [-0.4, -0.2) is 24.2 Å². The number of aromatic nitrogens is 1. The van der Waals surface area contributed by atoms with Crippen molar-refractivity contribution in [1.29, 1.82) is 0 Å². The minimum Gasteiger partial charge on any atom is -0.495 e. The van der Waals surface area contributed by atoms with Gasteiger partial charge in [0.1, 0.15) is 17.0 Å². The van der Waals surface area contributed by atoms with Crippen LogP contribution in [-0.2, 0) is 11.8 Å². The molecule has 0 spiro atoms. The molecule has 1 heterocycles. The van der Waals surface area contributed by atoms with Gasteiger partial charge in [-0.05, 0) is 24.3 Å². The van der Waals surface area contributed by atoms with Crippen molar-refractivity contribution in [3.8, 4) is 11.5 Å². The van der Waals surface area contributed by atoms with Crippen LogP contribution in [0, 0.1) is 0 Å². The Morgan fingerprint density at radius 3 is 2.72 bits per heavy atom. The Morgan fingerprint density at radius 1 is 1.24 bits per heavy atom. The summed E-state index contributed by atoms with van der Waals surface area (Å²) < 4.78 is 13.6. The molecule has 1 amide bonds. The number of benzene rings is 2. The van der Waals surface area contributed by atoms with Crippen LogP contribution >= 0.6 is 22.9 Å². The van der Waals surface area contributed by atoms with Gasteiger partial charge in [-0.15, -0.1) is 0 Å². The summed E-state index contributed by atoms with van der Waals surface area (Å²) in [5.41, 5.74) is 0.826. The topological polar surface area (TPSA) is 52.8 Å². The lowest BCUT2D eigenvalue weighted by molar-refractivity contribution is -0.118. The summed E-state index contributed by atoms with van der Waals surface area (Å²) in [6.45, 7) is 0.283. The summed E-state index contributed by atoms with van der Waals surface area (Å²) >= 11 is 7.62. The van der Waals surface area contributed by atoms with Crippen molar-refractivity contribution < 1.29 is 14.3 Å². The lowest BCUT2D eigenvalue weighted by atomic mass is 10.3. The van der Waals surface area contributed by atoms with Crippen molar-refractivity contribution in [2.45, 2.75) is 6.42 Å². The summed E-state index contributed by atoms with van der Waals surface area (Å²) in [6, 6.07) is 13.0. The molecule has 3 rings (SSSR count). The average Bonchev–Trinajstić information content (AvgIpc) is 2.94. The first-order chi connectivity index (χ1) is 12.1. The number of nitrogens with zero attached hydrogens (tertiary/aromatic N) is 2. The van der Waals surface area contributed by atoms with Gasteiger partial charge in [-0.25, -0.2) is 0 Å². The number of halogens is 1. The van der Waals surface area contributed by atoms with Gasteiger partial charge in [-0.3, -0.25) is 4.79 Å². The largest absolute Gasteiger partial charge is 0.495 e. The van der Waals surface area contributed by atoms with Gasteiger partial charge in [0.2, 0.25) is 0 Å². The Bertz CT molecular complexity index is 964. The van der Waals surface area contributed by atoms with Crippen LogP contribution in [0.4, 0.5) is 0 Å². The molecule has 25 heavy (non-hydrogen) atoms. The Hall–Kier alpha value is -2.31. The Balaban J connectivity index is 1.80. The quantitative estimate of drug-likeness (QED) is 0.680. The highest BCUT2D eigenvalue weighted by molar-refractivity contribution is 7.17. The van der Waals surface area contributed by atoms with Crippen molar-refractivity contribution in [1.82, 2.24) is 4.57 Å². The predicted molar refractivity (Wildman–Crippen MR) is 99.5 cm³/mol. The van der Waals surface area contributed by atoms with E-state index in [4.69, 9.17) is 21.1 Å². The van der Waals surface area contributed by atoms with Crippen molar-refractivity contribution in [3.05, 3.63) is 52.3 Å². The number of carbonyl (C=O) groups is 1. The van der Waals surface area contributed by atoms with Gasteiger partial charge in [-0.1, -0.05) is 41.1 Å². The van der Waals surface area contributed by atoms with E-state index in [1.165, 1.54) is 11.3 Å². The number of fused-ring (bicyclic) bond motifs is 1. The van der Waals surface area contributed by atoms with Gasteiger partial charge < -0.3 is 14.0 Å². The van der Waals surface area contributed by atoms with Gasteiger partial charge in [-0.2, -0.15) is 4.99 Å². The number of ether oxygens (including phenoxy) is 2. The van der Waals surface area contributed by atoms with Crippen LogP contribution in [0.3, 0.4) is 0 Å². The maximum absolute atomic E-state index is 12.2. The number of rotatable bonds is 5. The van der Waals surface area contributed by atoms with E-state index in [2.05, 4.69) is 4.99 Å². The molecule has 0 fully saturated rings. The van der Waals surface area contributed by atoms with Crippen LogP contribution < -0.4 is 14.3 Å². The molecule has 7 heteroatoms. The van der Waals surface area contributed by atoms with Gasteiger partial charge >= 0.3 is 0 Å². The van der Waals surface area contributed by atoms with Crippen LogP contribution in [0.5, 0.6) is 11.5 Å². The zero-order valence-corrected chi connectivity index (χ0v) is 15.4. The number of amides is 1. The molecule has 130 valence electrons. The number of aryl methyl sites for hydroxylation is 1. The molecule has 2 aromatic carbocycles. The van der Waals surface area contributed by atoms with E-state index in [0.29, 0.717) is 15.6 Å². The second-order valence-corrected chi connectivity index (χ2v) is 6.67. The molecular weight excluding hydrogens is 360 g/mol. The summed E-state index contributed by atoms with van der Waals surface area (Å²) in [7, 11) is 3.44. The number of thiazole rings is 1. The number of para-hydroxylation sites is 1. The Labute approximate surface area is 154 Å². The third kappa shape index (κ3) is 3.86. The van der Waals surface area contributed by atoms with Crippen molar-refractivity contribution in [2.24, 2.45) is 12.0 Å². The molecule has 3 aromatic rings. The molecule has 1 aromatic heterocycles. The third-order valence-corrected chi connectivity index (χ3v) is 5.22. The smallest absolute Gasteiger partial charge is 0.251 e. The minimum absolute atomic E-state index is 0.202. The molecular formula is C18H17ClN2O3S. The highest BCUT2D eigenvalue weighted by atomic mass is 35.5. The maximum Gasteiger partial charge on any atom is 0.251 e. The van der Waals surface area contributed by atoms with E-state index in [1.807, 2.05) is 41.9 Å². The molecule has 0 aliphatic carbocycles. The van der Waals surface area contributed by atoms with E-state index in [-0.39, 0.29) is 18.9 Å². The van der Waals surface area contributed by atoms with E-state index in [0.717, 1.165) is 16.0 Å². The first-order valence-electron chi connectivity index (χ1n) is 7.67. The summed E-state index contributed by atoms with van der Waals surface area (Å²) in [4.78, 5) is 16.9. The highest BCUT2D eigenvalue weighted by Crippen LogP contribution is 2.32. The Morgan fingerprint density at radius 2 is 2.00 bits per heavy atom. The SMILES string of the molecule is COc1ccc(Cl)c2sc(=NC(=O)CCOc3ccccc3)n(C)c12. The zero-order chi connectivity index (χ0) is 17.8. The second-order valence-electron chi connectivity index (χ2n) is 5.29. The number of methoxy groups -OCH3 is 1.